The largest absolute Gasteiger partial charge is 0.278 e. The van der Waals surface area contributed by atoms with Crippen LogP contribution in [-0.4, -0.2) is 11.6 Å². The second-order valence-electron chi connectivity index (χ2n) is 4.18. The topological polar surface area (TPSA) is 43.2 Å². The first-order valence-corrected chi connectivity index (χ1v) is 5.80. The molecule has 1 radical (unpaired) electrons. The van der Waals surface area contributed by atoms with E-state index in [4.69, 9.17) is 0 Å². The van der Waals surface area contributed by atoms with Crippen molar-refractivity contribution in [1.29, 1.82) is 0 Å². The minimum atomic E-state index is -0.350. The number of hydrogen-bond donors (Lipinski definition) is 1. The summed E-state index contributed by atoms with van der Waals surface area (Å²) in [6, 6.07) is 9.51. The molecule has 1 fully saturated rings. The minimum Gasteiger partial charge on any atom is -0.278 e. The highest BCUT2D eigenvalue weighted by Crippen LogP contribution is 2.28. The van der Waals surface area contributed by atoms with Crippen molar-refractivity contribution in [3.63, 3.8) is 0 Å². The highest BCUT2D eigenvalue weighted by atomic mass is 16.2. The van der Waals surface area contributed by atoms with Crippen LogP contribution in [0.2, 0.25) is 0 Å². The van der Waals surface area contributed by atoms with E-state index in [1.807, 2.05) is 30.3 Å². The highest BCUT2D eigenvalue weighted by molar-refractivity contribution is 5.86. The van der Waals surface area contributed by atoms with E-state index in [1.54, 1.807) is 0 Å². The third kappa shape index (κ3) is 1.83. The first-order valence-electron chi connectivity index (χ1n) is 5.80. The van der Waals surface area contributed by atoms with Crippen LogP contribution < -0.4 is 10.6 Å². The Balaban J connectivity index is 2.23. The maximum absolute atomic E-state index is 11.9. The van der Waals surface area contributed by atoms with Crippen LogP contribution in [0, 0.1) is 0 Å². The lowest BCUT2D eigenvalue weighted by molar-refractivity contribution is -0.121. The van der Waals surface area contributed by atoms with Crippen molar-refractivity contribution in [2.24, 2.45) is 0 Å². The number of nitrogens with zero attached hydrogens (tertiary/aromatic N) is 1. The maximum Gasteiger partial charge on any atom is 0.264 e. The van der Waals surface area contributed by atoms with E-state index in [9.17, 15) is 4.79 Å². The van der Waals surface area contributed by atoms with Crippen LogP contribution in [0.3, 0.4) is 0 Å². The number of carbonyl (C=O) groups excluding carboxylic acids is 1. The Labute approximate surface area is 96.2 Å². The molecule has 1 aliphatic heterocycles. The first kappa shape index (κ1) is 11.1. The molecule has 0 aliphatic carbocycles. The van der Waals surface area contributed by atoms with Crippen molar-refractivity contribution in [3.05, 3.63) is 35.9 Å². The van der Waals surface area contributed by atoms with Gasteiger partial charge in [-0.05, 0) is 18.4 Å². The molecule has 1 aromatic rings. The summed E-state index contributed by atoms with van der Waals surface area (Å²) in [5.74, 6) is -0.0464. The summed E-state index contributed by atoms with van der Waals surface area (Å²) in [5.41, 5.74) is 0.650. The Morgan fingerprint density at radius 3 is 2.38 bits per heavy atom. The fourth-order valence-corrected chi connectivity index (χ4v) is 2.12. The molecule has 3 nitrogen and oxygen atoms in total. The monoisotopic (exact) mass is 217 g/mol. The number of hydrogen-bond acceptors (Lipinski definition) is 2. The molecule has 0 bridgehead atoms. The zero-order valence-electron chi connectivity index (χ0n) is 9.73. The van der Waals surface area contributed by atoms with Gasteiger partial charge in [0, 0.05) is 0 Å². The molecule has 1 aromatic carbocycles. The summed E-state index contributed by atoms with van der Waals surface area (Å²) in [6.45, 7) is 4.11. The van der Waals surface area contributed by atoms with Gasteiger partial charge in [0.25, 0.3) is 5.91 Å². The summed E-state index contributed by atoms with van der Waals surface area (Å²) in [7, 11) is 0. The van der Waals surface area contributed by atoms with Gasteiger partial charge in [-0.25, -0.2) is 5.32 Å². The Bertz CT molecular complexity index is 371. The van der Waals surface area contributed by atoms with Gasteiger partial charge < -0.3 is 0 Å². The minimum absolute atomic E-state index is 0.0464. The normalized spacial score (nSPS) is 23.1. The third-order valence-corrected chi connectivity index (χ3v) is 3.29. The van der Waals surface area contributed by atoms with Crippen LogP contribution in [-0.2, 0) is 4.79 Å². The number of nitrogens with one attached hydrogen (secondary N) is 1. The highest BCUT2D eigenvalue weighted by Gasteiger charge is 2.43. The quantitative estimate of drug-likeness (QED) is 0.841. The lowest BCUT2D eigenvalue weighted by Crippen LogP contribution is -2.44. The standard InChI is InChI=1S/C13H17N2O/c1-3-13(4-2)14-11(12(16)15-13)10-8-6-5-7-9-10/h5-9,11,14H,3-4H2,1-2H3. The van der Waals surface area contributed by atoms with E-state index in [0.717, 1.165) is 18.4 Å². The fraction of sp³-hybridized carbons (Fsp3) is 0.462. The Hall–Kier alpha value is -1.35. The average molecular weight is 217 g/mol. The summed E-state index contributed by atoms with van der Waals surface area (Å²) in [6.07, 6.45) is 1.69. The van der Waals surface area contributed by atoms with Gasteiger partial charge in [-0.15, -0.1) is 0 Å². The first-order chi connectivity index (χ1) is 7.71. The Kier molecular flexibility index (Phi) is 2.97. The molecule has 1 atom stereocenters. The zero-order valence-corrected chi connectivity index (χ0v) is 9.73. The number of benzene rings is 1. The predicted molar refractivity (Wildman–Crippen MR) is 62.8 cm³/mol. The van der Waals surface area contributed by atoms with Gasteiger partial charge in [-0.3, -0.25) is 10.1 Å². The molecule has 0 spiro atoms. The van der Waals surface area contributed by atoms with Crippen molar-refractivity contribution in [2.45, 2.75) is 38.4 Å². The lowest BCUT2D eigenvalue weighted by Gasteiger charge is -2.24. The third-order valence-electron chi connectivity index (χ3n) is 3.29. The molecule has 1 aliphatic rings. The van der Waals surface area contributed by atoms with E-state index in [1.165, 1.54) is 0 Å². The fourth-order valence-electron chi connectivity index (χ4n) is 2.12. The van der Waals surface area contributed by atoms with Crippen LogP contribution in [0.5, 0.6) is 0 Å². The summed E-state index contributed by atoms with van der Waals surface area (Å²) < 4.78 is 0. The Morgan fingerprint density at radius 1 is 1.25 bits per heavy atom. The molecule has 1 saturated heterocycles. The average Bonchev–Trinajstić information content (AvgIpc) is 2.69. The van der Waals surface area contributed by atoms with Crippen LogP contribution in [0.25, 0.3) is 0 Å². The Morgan fingerprint density at radius 2 is 1.88 bits per heavy atom. The van der Waals surface area contributed by atoms with Crippen LogP contribution in [0.4, 0.5) is 0 Å². The van der Waals surface area contributed by atoms with Gasteiger partial charge >= 0.3 is 0 Å². The molecule has 1 amide bonds. The molecule has 1 N–H and O–H groups in total. The van der Waals surface area contributed by atoms with Gasteiger partial charge in [0.2, 0.25) is 0 Å². The van der Waals surface area contributed by atoms with Gasteiger partial charge in [0.05, 0.1) is 0 Å². The molecule has 85 valence electrons. The number of carbonyl (C=O) groups is 1. The van der Waals surface area contributed by atoms with Gasteiger partial charge in [0.15, 0.2) is 0 Å². The summed E-state index contributed by atoms with van der Waals surface area (Å²) in [5, 5.41) is 7.62. The maximum atomic E-state index is 11.9. The van der Waals surface area contributed by atoms with Gasteiger partial charge in [-0.1, -0.05) is 44.2 Å². The van der Waals surface area contributed by atoms with Crippen LogP contribution in [0.15, 0.2) is 30.3 Å². The summed E-state index contributed by atoms with van der Waals surface area (Å²) in [4.78, 5) is 11.9. The molecule has 16 heavy (non-hydrogen) atoms. The van der Waals surface area contributed by atoms with E-state index < -0.39 is 0 Å². The SMILES string of the molecule is CCC1(CC)[N]C(=O)C(c2ccccc2)N1. The van der Waals surface area contributed by atoms with Gasteiger partial charge in [-0.2, -0.15) is 0 Å². The van der Waals surface area contributed by atoms with Crippen molar-refractivity contribution >= 4 is 5.91 Å². The predicted octanol–water partition coefficient (Wildman–Crippen LogP) is 1.98. The number of amides is 1. The second-order valence-corrected chi connectivity index (χ2v) is 4.18. The molecular formula is C13H17N2O. The van der Waals surface area contributed by atoms with E-state index in [-0.39, 0.29) is 17.6 Å². The van der Waals surface area contributed by atoms with E-state index in [2.05, 4.69) is 24.5 Å². The number of rotatable bonds is 3. The molecule has 0 saturated carbocycles. The lowest BCUT2D eigenvalue weighted by atomic mass is 10.0. The van der Waals surface area contributed by atoms with Crippen molar-refractivity contribution in [3.8, 4) is 0 Å². The van der Waals surface area contributed by atoms with Crippen LogP contribution in [0.1, 0.15) is 38.3 Å². The van der Waals surface area contributed by atoms with Crippen LogP contribution >= 0.6 is 0 Å². The summed E-state index contributed by atoms with van der Waals surface area (Å²) >= 11 is 0. The molecule has 0 aromatic heterocycles. The van der Waals surface area contributed by atoms with Crippen molar-refractivity contribution < 1.29 is 4.79 Å². The smallest absolute Gasteiger partial charge is 0.264 e. The zero-order chi connectivity index (χ0) is 11.6. The van der Waals surface area contributed by atoms with Crippen molar-refractivity contribution in [1.82, 2.24) is 10.6 Å². The molecular weight excluding hydrogens is 200 g/mol. The van der Waals surface area contributed by atoms with E-state index >= 15 is 0 Å². The molecule has 3 heteroatoms. The van der Waals surface area contributed by atoms with E-state index in [0.29, 0.717) is 0 Å². The van der Waals surface area contributed by atoms with Crippen molar-refractivity contribution in [2.75, 3.05) is 0 Å². The van der Waals surface area contributed by atoms with Gasteiger partial charge in [0.1, 0.15) is 11.7 Å². The molecule has 1 heterocycles. The second kappa shape index (κ2) is 4.26. The molecule has 1 unspecified atom stereocenters. The molecule has 2 rings (SSSR count).